The maximum atomic E-state index is 12.4. The molecular formula is C26H35N7O8. The zero-order valence-corrected chi connectivity index (χ0v) is 22.5. The summed E-state index contributed by atoms with van der Waals surface area (Å²) in [6, 6.07) is 6.73. The van der Waals surface area contributed by atoms with Crippen LogP contribution in [0.25, 0.3) is 0 Å². The number of carboxylic acids is 3. The van der Waals surface area contributed by atoms with E-state index in [1.165, 1.54) is 22.2 Å². The molecule has 0 unspecified atom stereocenters. The third-order valence-corrected chi connectivity index (χ3v) is 5.76. The lowest BCUT2D eigenvalue weighted by Crippen LogP contribution is -2.46. The first-order valence-corrected chi connectivity index (χ1v) is 12.8. The predicted molar refractivity (Wildman–Crippen MR) is 145 cm³/mol. The molecule has 2 aromatic heterocycles. The molecule has 2 amide bonds. The highest BCUT2D eigenvalue weighted by molar-refractivity contribution is 5.93. The van der Waals surface area contributed by atoms with Gasteiger partial charge in [-0.3, -0.25) is 48.6 Å². The second kappa shape index (κ2) is 18.0. The van der Waals surface area contributed by atoms with Gasteiger partial charge in [-0.1, -0.05) is 6.07 Å². The number of carbonyl (C=O) groups excluding carboxylic acids is 2. The van der Waals surface area contributed by atoms with Gasteiger partial charge in [0.1, 0.15) is 0 Å². The van der Waals surface area contributed by atoms with Crippen molar-refractivity contribution in [1.29, 1.82) is 0 Å². The molecule has 0 aliphatic heterocycles. The van der Waals surface area contributed by atoms with E-state index in [4.69, 9.17) is 0 Å². The molecule has 0 aliphatic rings. The molecule has 0 spiro atoms. The number of hydrogen-bond acceptors (Lipinski definition) is 10. The van der Waals surface area contributed by atoms with E-state index in [9.17, 15) is 39.3 Å². The molecule has 0 aromatic carbocycles. The second-order valence-electron chi connectivity index (χ2n) is 9.08. The van der Waals surface area contributed by atoms with E-state index < -0.39 is 30.4 Å². The van der Waals surface area contributed by atoms with Crippen molar-refractivity contribution < 1.29 is 39.3 Å². The van der Waals surface area contributed by atoms with Crippen LogP contribution in [-0.2, 0) is 25.7 Å². The molecule has 0 aliphatic carbocycles. The molecule has 2 heterocycles. The minimum Gasteiger partial charge on any atom is -0.480 e. The van der Waals surface area contributed by atoms with E-state index in [2.05, 4.69) is 20.6 Å². The zero-order valence-electron chi connectivity index (χ0n) is 22.5. The van der Waals surface area contributed by atoms with Crippen LogP contribution in [-0.4, -0.2) is 135 Å². The molecule has 0 saturated heterocycles. The van der Waals surface area contributed by atoms with E-state index in [1.807, 2.05) is 0 Å². The fraction of sp³-hybridized carbons (Fsp3) is 0.423. The first-order valence-electron chi connectivity index (χ1n) is 12.8. The van der Waals surface area contributed by atoms with E-state index in [0.29, 0.717) is 5.56 Å². The number of nitrogens with one attached hydrogen (secondary N) is 2. The normalized spacial score (nSPS) is 11.0. The van der Waals surface area contributed by atoms with Crippen molar-refractivity contribution in [3.8, 4) is 0 Å². The Hall–Kier alpha value is -4.47. The highest BCUT2D eigenvalue weighted by Crippen LogP contribution is 1.99. The number of aromatic nitrogens is 2. The van der Waals surface area contributed by atoms with Gasteiger partial charge in [-0.2, -0.15) is 0 Å². The summed E-state index contributed by atoms with van der Waals surface area (Å²) < 4.78 is 0. The summed E-state index contributed by atoms with van der Waals surface area (Å²) in [6.07, 6.45) is 6.15. The van der Waals surface area contributed by atoms with E-state index in [0.717, 1.165) is 5.56 Å². The van der Waals surface area contributed by atoms with Gasteiger partial charge in [0.2, 0.25) is 5.91 Å². The summed E-state index contributed by atoms with van der Waals surface area (Å²) in [5.74, 6) is -4.10. The Labute approximate surface area is 236 Å². The first-order chi connectivity index (χ1) is 19.6. The van der Waals surface area contributed by atoms with Gasteiger partial charge in [-0.25, -0.2) is 0 Å². The Morgan fingerprint density at radius 2 is 1.20 bits per heavy atom. The molecule has 2 rings (SSSR count). The van der Waals surface area contributed by atoms with Crippen LogP contribution in [0.1, 0.15) is 15.9 Å². The van der Waals surface area contributed by atoms with Crippen LogP contribution in [0, 0.1) is 0 Å². The van der Waals surface area contributed by atoms with Gasteiger partial charge in [0.05, 0.1) is 31.7 Å². The maximum Gasteiger partial charge on any atom is 0.317 e. The van der Waals surface area contributed by atoms with Gasteiger partial charge in [0.15, 0.2) is 0 Å². The fourth-order valence-corrected chi connectivity index (χ4v) is 3.78. The van der Waals surface area contributed by atoms with Gasteiger partial charge >= 0.3 is 17.9 Å². The van der Waals surface area contributed by atoms with E-state index in [1.54, 1.807) is 41.6 Å². The summed E-state index contributed by atoms with van der Waals surface area (Å²) in [5, 5.41) is 33.3. The number of hydrogen-bond donors (Lipinski definition) is 5. The molecule has 2 aromatic rings. The van der Waals surface area contributed by atoms with Gasteiger partial charge < -0.3 is 26.0 Å². The SMILES string of the molecule is O=C(O)CN(CCNC(=O)c1cccnc1)CCN(CCN(CC(=O)O)CC(=O)NCc1cccnc1)CC(=O)O. The summed E-state index contributed by atoms with van der Waals surface area (Å²) >= 11 is 0. The van der Waals surface area contributed by atoms with Crippen molar-refractivity contribution in [2.45, 2.75) is 6.54 Å². The molecule has 0 fully saturated rings. The number of rotatable bonds is 20. The second-order valence-corrected chi connectivity index (χ2v) is 9.08. The Morgan fingerprint density at radius 3 is 1.73 bits per heavy atom. The summed E-state index contributed by atoms with van der Waals surface area (Å²) in [4.78, 5) is 71.1. The molecule has 0 saturated carbocycles. The largest absolute Gasteiger partial charge is 0.480 e. The highest BCUT2D eigenvalue weighted by Gasteiger charge is 2.19. The van der Waals surface area contributed by atoms with Crippen LogP contribution in [0.5, 0.6) is 0 Å². The van der Waals surface area contributed by atoms with Crippen molar-refractivity contribution in [3.05, 3.63) is 60.2 Å². The number of aliphatic carboxylic acids is 3. The highest BCUT2D eigenvalue weighted by atomic mass is 16.4. The smallest absolute Gasteiger partial charge is 0.317 e. The molecule has 41 heavy (non-hydrogen) atoms. The topological polar surface area (TPSA) is 206 Å². The van der Waals surface area contributed by atoms with Crippen LogP contribution >= 0.6 is 0 Å². The molecule has 0 bridgehead atoms. The Morgan fingerprint density at radius 1 is 0.659 bits per heavy atom. The van der Waals surface area contributed by atoms with Crippen LogP contribution in [0.4, 0.5) is 0 Å². The van der Waals surface area contributed by atoms with Crippen molar-refractivity contribution in [1.82, 2.24) is 35.3 Å². The number of pyridine rings is 2. The number of amides is 2. The number of carboxylic acid groups (broad SMARTS) is 3. The van der Waals surface area contributed by atoms with Crippen LogP contribution in [0.15, 0.2) is 49.1 Å². The lowest BCUT2D eigenvalue weighted by molar-refractivity contribution is -0.140. The zero-order chi connectivity index (χ0) is 30.0. The minimum absolute atomic E-state index is 0.0833. The Balaban J connectivity index is 1.90. The van der Waals surface area contributed by atoms with Gasteiger partial charge in [0, 0.05) is 70.6 Å². The summed E-state index contributed by atoms with van der Waals surface area (Å²) in [6.45, 7) is -0.231. The average Bonchev–Trinajstić information content (AvgIpc) is 2.93. The van der Waals surface area contributed by atoms with Gasteiger partial charge in [0.25, 0.3) is 5.91 Å². The van der Waals surface area contributed by atoms with E-state index in [-0.39, 0.29) is 71.4 Å². The molecule has 222 valence electrons. The van der Waals surface area contributed by atoms with Crippen LogP contribution in [0.3, 0.4) is 0 Å². The third kappa shape index (κ3) is 14.5. The molecule has 0 atom stereocenters. The minimum atomic E-state index is -1.14. The molecule has 0 radical (unpaired) electrons. The maximum absolute atomic E-state index is 12.4. The van der Waals surface area contributed by atoms with Crippen molar-refractivity contribution in [3.63, 3.8) is 0 Å². The van der Waals surface area contributed by atoms with Crippen LogP contribution < -0.4 is 10.6 Å². The fourth-order valence-electron chi connectivity index (χ4n) is 3.78. The lowest BCUT2D eigenvalue weighted by Gasteiger charge is -2.28. The van der Waals surface area contributed by atoms with Crippen molar-refractivity contribution in [2.24, 2.45) is 0 Å². The number of nitrogens with zero attached hydrogens (tertiary/aromatic N) is 5. The number of carbonyl (C=O) groups is 5. The van der Waals surface area contributed by atoms with E-state index >= 15 is 0 Å². The monoisotopic (exact) mass is 573 g/mol. The molecule has 5 N–H and O–H groups in total. The quantitative estimate of drug-likeness (QED) is 0.125. The van der Waals surface area contributed by atoms with Crippen molar-refractivity contribution in [2.75, 3.05) is 65.4 Å². The summed E-state index contributed by atoms with van der Waals surface area (Å²) in [5.41, 5.74) is 1.14. The Kier molecular flexibility index (Phi) is 14.4. The Bertz CT molecular complexity index is 1140. The average molecular weight is 574 g/mol. The first kappa shape index (κ1) is 32.7. The molecular weight excluding hydrogens is 538 g/mol. The van der Waals surface area contributed by atoms with Crippen LogP contribution in [0.2, 0.25) is 0 Å². The van der Waals surface area contributed by atoms with Gasteiger partial charge in [-0.15, -0.1) is 0 Å². The molecule has 15 nitrogen and oxygen atoms in total. The predicted octanol–water partition coefficient (Wildman–Crippen LogP) is -1.32. The van der Waals surface area contributed by atoms with Gasteiger partial charge in [-0.05, 0) is 23.8 Å². The molecule has 15 heteroatoms. The third-order valence-electron chi connectivity index (χ3n) is 5.76. The van der Waals surface area contributed by atoms with Crippen molar-refractivity contribution >= 4 is 29.7 Å². The lowest BCUT2D eigenvalue weighted by atomic mass is 10.2. The summed E-state index contributed by atoms with van der Waals surface area (Å²) in [7, 11) is 0. The standard InChI is InChI=1S/C26H35N7O8/c34-22(30-14-20-3-1-5-27-13-20)16-33(19-25(39)40)12-11-32(18-24(37)38)10-9-31(17-23(35)36)8-7-29-26(41)21-4-2-6-28-15-21/h1-6,13,15H,7-12,14,16-19H2,(H,29,41)(H,30,34)(H,35,36)(H,37,38)(H,39,40).